The number of amides is 1. The number of rotatable bonds is 3. The van der Waals surface area contributed by atoms with E-state index in [0.717, 1.165) is 37.2 Å². The van der Waals surface area contributed by atoms with Crippen LogP contribution in [0, 0.1) is 0 Å². The lowest BCUT2D eigenvalue weighted by Gasteiger charge is -2.22. The number of carbonyl (C=O) groups is 1. The maximum absolute atomic E-state index is 12.2. The van der Waals surface area contributed by atoms with Gasteiger partial charge in [-0.15, -0.1) is 10.2 Å². The van der Waals surface area contributed by atoms with E-state index in [1.165, 1.54) is 0 Å². The van der Waals surface area contributed by atoms with Gasteiger partial charge in [0.15, 0.2) is 0 Å². The second-order valence-electron chi connectivity index (χ2n) is 4.91. The number of anilines is 1. The molecule has 0 unspecified atom stereocenters. The zero-order valence-electron chi connectivity index (χ0n) is 11.1. The van der Waals surface area contributed by atoms with E-state index in [9.17, 15) is 4.79 Å². The predicted molar refractivity (Wildman–Crippen MR) is 75.6 cm³/mol. The number of piperidine rings is 1. The van der Waals surface area contributed by atoms with Gasteiger partial charge in [-0.2, -0.15) is 0 Å². The van der Waals surface area contributed by atoms with Crippen molar-refractivity contribution in [3.8, 4) is 5.69 Å². The lowest BCUT2D eigenvalue weighted by molar-refractivity contribution is -0.118. The van der Waals surface area contributed by atoms with Crippen LogP contribution >= 0.6 is 0 Å². The molecule has 1 aliphatic rings. The van der Waals surface area contributed by atoms with E-state index in [0.29, 0.717) is 0 Å². The van der Waals surface area contributed by atoms with Crippen molar-refractivity contribution in [3.63, 3.8) is 0 Å². The van der Waals surface area contributed by atoms with Crippen molar-refractivity contribution in [2.24, 2.45) is 0 Å². The van der Waals surface area contributed by atoms with Crippen molar-refractivity contribution >= 4 is 11.6 Å². The highest BCUT2D eigenvalue weighted by Gasteiger charge is 2.20. The summed E-state index contributed by atoms with van der Waals surface area (Å²) in [6.45, 7) is 0.916. The molecule has 1 saturated heterocycles. The monoisotopic (exact) mass is 271 g/mol. The third-order valence-corrected chi connectivity index (χ3v) is 3.46. The van der Waals surface area contributed by atoms with Crippen molar-refractivity contribution in [1.82, 2.24) is 20.1 Å². The number of nitrogens with one attached hydrogen (secondary N) is 2. The molecule has 1 aromatic carbocycles. The average molecular weight is 271 g/mol. The second-order valence-corrected chi connectivity index (χ2v) is 4.91. The minimum atomic E-state index is -0.0812. The Labute approximate surface area is 117 Å². The van der Waals surface area contributed by atoms with Gasteiger partial charge < -0.3 is 10.6 Å². The Morgan fingerprint density at radius 2 is 2.15 bits per heavy atom. The lowest BCUT2D eigenvalue weighted by atomic mass is 10.0. The predicted octanol–water partition coefficient (Wildman–Crippen LogP) is 1.35. The minimum absolute atomic E-state index is 0.0330. The van der Waals surface area contributed by atoms with Crippen molar-refractivity contribution in [2.45, 2.75) is 25.3 Å². The van der Waals surface area contributed by atoms with Crippen molar-refractivity contribution < 1.29 is 4.79 Å². The van der Waals surface area contributed by atoms with Crippen LogP contribution in [0.15, 0.2) is 36.9 Å². The molecule has 0 bridgehead atoms. The Morgan fingerprint density at radius 3 is 2.90 bits per heavy atom. The quantitative estimate of drug-likeness (QED) is 0.884. The van der Waals surface area contributed by atoms with Crippen LogP contribution < -0.4 is 10.6 Å². The molecule has 6 heteroatoms. The minimum Gasteiger partial charge on any atom is -0.325 e. The van der Waals surface area contributed by atoms with Gasteiger partial charge in [0.1, 0.15) is 12.7 Å². The molecule has 6 nitrogen and oxygen atoms in total. The molecule has 1 amide bonds. The van der Waals surface area contributed by atoms with Gasteiger partial charge in [0.05, 0.1) is 11.7 Å². The van der Waals surface area contributed by atoms with E-state index in [2.05, 4.69) is 20.8 Å². The first-order chi connectivity index (χ1) is 9.83. The van der Waals surface area contributed by atoms with Gasteiger partial charge in [0.2, 0.25) is 5.91 Å². The van der Waals surface area contributed by atoms with Crippen molar-refractivity contribution in [1.29, 1.82) is 0 Å². The molecule has 2 heterocycles. The summed E-state index contributed by atoms with van der Waals surface area (Å²) < 4.78 is 1.80. The molecule has 104 valence electrons. The molecular weight excluding hydrogens is 254 g/mol. The first kappa shape index (κ1) is 12.8. The Hall–Kier alpha value is -2.21. The van der Waals surface area contributed by atoms with E-state index < -0.39 is 0 Å². The molecule has 2 aromatic rings. The Bertz CT molecular complexity index is 575. The summed E-state index contributed by atoms with van der Waals surface area (Å²) in [4.78, 5) is 12.2. The normalized spacial score (nSPS) is 18.7. The Kier molecular flexibility index (Phi) is 3.73. The van der Waals surface area contributed by atoms with Crippen LogP contribution in [0.4, 0.5) is 5.69 Å². The Morgan fingerprint density at radius 1 is 1.30 bits per heavy atom. The van der Waals surface area contributed by atoms with Crippen molar-refractivity contribution in [3.05, 3.63) is 36.9 Å². The summed E-state index contributed by atoms with van der Waals surface area (Å²) in [7, 11) is 0. The van der Waals surface area contributed by atoms with Gasteiger partial charge in [0.25, 0.3) is 0 Å². The number of hydrogen-bond acceptors (Lipinski definition) is 4. The number of aromatic nitrogens is 3. The maximum Gasteiger partial charge on any atom is 0.241 e. The molecule has 20 heavy (non-hydrogen) atoms. The van der Waals surface area contributed by atoms with E-state index in [-0.39, 0.29) is 11.9 Å². The third kappa shape index (κ3) is 2.85. The molecule has 1 aliphatic heterocycles. The highest BCUT2D eigenvalue weighted by Crippen LogP contribution is 2.15. The number of nitrogens with zero attached hydrogens (tertiary/aromatic N) is 3. The number of benzene rings is 1. The van der Waals surface area contributed by atoms with Crippen LogP contribution in [0.25, 0.3) is 5.69 Å². The zero-order chi connectivity index (χ0) is 13.8. The van der Waals surface area contributed by atoms with Gasteiger partial charge in [0, 0.05) is 5.69 Å². The summed E-state index contributed by atoms with van der Waals surface area (Å²) in [5, 5.41) is 13.8. The van der Waals surface area contributed by atoms with Crippen LogP contribution in [-0.4, -0.2) is 33.3 Å². The van der Waals surface area contributed by atoms with Crippen LogP contribution in [-0.2, 0) is 4.79 Å². The van der Waals surface area contributed by atoms with Crippen LogP contribution in [0.2, 0.25) is 0 Å². The molecule has 2 N–H and O–H groups in total. The highest BCUT2D eigenvalue weighted by atomic mass is 16.2. The fraction of sp³-hybridized carbons (Fsp3) is 0.357. The molecule has 3 rings (SSSR count). The summed E-state index contributed by atoms with van der Waals surface area (Å²) in [5.74, 6) is 0.0330. The van der Waals surface area contributed by atoms with Crippen LogP contribution in [0.5, 0.6) is 0 Å². The van der Waals surface area contributed by atoms with Gasteiger partial charge in [-0.25, -0.2) is 0 Å². The van der Waals surface area contributed by atoms with Crippen LogP contribution in [0.3, 0.4) is 0 Å². The summed E-state index contributed by atoms with van der Waals surface area (Å²) in [6, 6.07) is 7.55. The first-order valence-corrected chi connectivity index (χ1v) is 6.82. The summed E-state index contributed by atoms with van der Waals surface area (Å²) >= 11 is 0. The SMILES string of the molecule is O=C(Nc1cccc(-n2cnnc2)c1)[C@@H]1CCCCN1. The second kappa shape index (κ2) is 5.83. The maximum atomic E-state index is 12.2. The molecule has 0 radical (unpaired) electrons. The number of carbonyl (C=O) groups excluding carboxylic acids is 1. The molecule has 0 aliphatic carbocycles. The van der Waals surface area contributed by atoms with Gasteiger partial charge in [-0.3, -0.25) is 9.36 Å². The van der Waals surface area contributed by atoms with E-state index in [4.69, 9.17) is 0 Å². The smallest absolute Gasteiger partial charge is 0.241 e. The highest BCUT2D eigenvalue weighted by molar-refractivity contribution is 5.95. The van der Waals surface area contributed by atoms with Gasteiger partial charge in [-0.05, 0) is 37.6 Å². The van der Waals surface area contributed by atoms with Crippen molar-refractivity contribution in [2.75, 3.05) is 11.9 Å². The molecule has 0 spiro atoms. The van der Waals surface area contributed by atoms with Crippen LogP contribution in [0.1, 0.15) is 19.3 Å². The molecular formula is C14H17N5O. The summed E-state index contributed by atoms with van der Waals surface area (Å²) in [6.07, 6.45) is 6.41. The molecule has 0 saturated carbocycles. The summed E-state index contributed by atoms with van der Waals surface area (Å²) in [5.41, 5.74) is 1.71. The number of hydrogen-bond donors (Lipinski definition) is 2. The standard InChI is InChI=1S/C14H17N5O/c20-14(13-6-1-2-7-15-13)18-11-4-3-5-12(8-11)19-9-16-17-10-19/h3-5,8-10,13,15H,1-2,6-7H2,(H,18,20)/t13-/m0/s1. The third-order valence-electron chi connectivity index (χ3n) is 3.46. The zero-order valence-corrected chi connectivity index (χ0v) is 11.1. The largest absolute Gasteiger partial charge is 0.325 e. The van der Waals surface area contributed by atoms with E-state index in [1.54, 1.807) is 17.2 Å². The van der Waals surface area contributed by atoms with Gasteiger partial charge >= 0.3 is 0 Å². The Balaban J connectivity index is 1.71. The molecule has 1 fully saturated rings. The van der Waals surface area contributed by atoms with E-state index in [1.807, 2.05) is 24.3 Å². The fourth-order valence-corrected chi connectivity index (χ4v) is 2.38. The molecule has 1 aromatic heterocycles. The lowest BCUT2D eigenvalue weighted by Crippen LogP contribution is -2.43. The fourth-order valence-electron chi connectivity index (χ4n) is 2.38. The first-order valence-electron chi connectivity index (χ1n) is 6.82. The topological polar surface area (TPSA) is 71.8 Å². The van der Waals surface area contributed by atoms with E-state index >= 15 is 0 Å². The van der Waals surface area contributed by atoms with Gasteiger partial charge in [-0.1, -0.05) is 12.5 Å². The average Bonchev–Trinajstić information content (AvgIpc) is 3.03. The molecule has 1 atom stereocenters.